The Kier molecular flexibility index (Phi) is 3.18. The lowest BCUT2D eigenvalue weighted by Gasteiger charge is -2.05. The second kappa shape index (κ2) is 4.79. The molecular weight excluding hydrogens is 230 g/mol. The van der Waals surface area contributed by atoms with Gasteiger partial charge in [0.1, 0.15) is 5.82 Å². The summed E-state index contributed by atoms with van der Waals surface area (Å²) in [5, 5.41) is 2.62. The Morgan fingerprint density at radius 1 is 1.22 bits per heavy atom. The summed E-state index contributed by atoms with van der Waals surface area (Å²) in [5.74, 6) is 0.344. The van der Waals surface area contributed by atoms with Crippen molar-refractivity contribution >= 4 is 17.7 Å². The van der Waals surface area contributed by atoms with E-state index < -0.39 is 0 Å². The van der Waals surface area contributed by atoms with E-state index in [9.17, 15) is 4.79 Å². The number of nitrogens with two attached hydrogens (primary N) is 1. The highest BCUT2D eigenvalue weighted by Gasteiger charge is 2.08. The minimum absolute atomic E-state index is 0.286. The quantitative estimate of drug-likeness (QED) is 0.829. The van der Waals surface area contributed by atoms with Gasteiger partial charge in [-0.1, -0.05) is 0 Å². The lowest BCUT2D eigenvalue weighted by molar-refractivity contribution is 0.102. The van der Waals surface area contributed by atoms with E-state index in [1.54, 1.807) is 12.1 Å². The Bertz CT molecular complexity index is 559. The summed E-state index contributed by atoms with van der Waals surface area (Å²) >= 11 is 0. The normalized spacial score (nSPS) is 10.1. The van der Waals surface area contributed by atoms with Gasteiger partial charge in [0.25, 0.3) is 5.91 Å². The summed E-state index contributed by atoms with van der Waals surface area (Å²) in [4.78, 5) is 24.0. The van der Waals surface area contributed by atoms with Crippen LogP contribution in [0.15, 0.2) is 24.4 Å². The number of amides is 1. The van der Waals surface area contributed by atoms with Crippen molar-refractivity contribution in [1.82, 2.24) is 15.0 Å². The number of nitrogens with one attached hydrogen (secondary N) is 1. The van der Waals surface area contributed by atoms with Gasteiger partial charge in [-0.05, 0) is 32.0 Å². The number of nitrogen functional groups attached to an aromatic ring is 1. The molecule has 0 fully saturated rings. The smallest absolute Gasteiger partial charge is 0.259 e. The third-order valence-corrected chi connectivity index (χ3v) is 2.26. The largest absolute Gasteiger partial charge is 0.384 e. The number of hydrogen-bond donors (Lipinski definition) is 2. The van der Waals surface area contributed by atoms with Gasteiger partial charge in [-0.15, -0.1) is 0 Å². The fourth-order valence-electron chi connectivity index (χ4n) is 1.50. The summed E-state index contributed by atoms with van der Waals surface area (Å²) < 4.78 is 0. The molecule has 0 aliphatic heterocycles. The first-order valence-electron chi connectivity index (χ1n) is 5.40. The fourth-order valence-corrected chi connectivity index (χ4v) is 1.50. The number of nitrogens with zero attached hydrogens (tertiary/aromatic N) is 3. The van der Waals surface area contributed by atoms with E-state index in [0.29, 0.717) is 11.4 Å². The molecule has 2 aromatic heterocycles. The van der Waals surface area contributed by atoms with Gasteiger partial charge >= 0.3 is 0 Å². The highest BCUT2D eigenvalue weighted by Crippen LogP contribution is 2.07. The molecule has 0 aliphatic carbocycles. The van der Waals surface area contributed by atoms with Crippen molar-refractivity contribution in [3.05, 3.63) is 41.3 Å². The number of rotatable bonds is 2. The van der Waals surface area contributed by atoms with Crippen molar-refractivity contribution in [1.29, 1.82) is 0 Å². The van der Waals surface area contributed by atoms with E-state index in [1.807, 2.05) is 19.9 Å². The molecule has 0 saturated heterocycles. The number of pyridine rings is 1. The van der Waals surface area contributed by atoms with E-state index in [2.05, 4.69) is 20.3 Å². The zero-order valence-corrected chi connectivity index (χ0v) is 10.1. The monoisotopic (exact) mass is 243 g/mol. The van der Waals surface area contributed by atoms with E-state index in [1.165, 1.54) is 6.20 Å². The highest BCUT2D eigenvalue weighted by molar-refractivity contribution is 6.03. The Hall–Kier alpha value is -2.50. The number of carbonyl (C=O) groups excluding carboxylic acids is 1. The Morgan fingerprint density at radius 3 is 2.44 bits per heavy atom. The van der Waals surface area contributed by atoms with Crippen molar-refractivity contribution in [2.45, 2.75) is 13.8 Å². The number of anilines is 2. The molecule has 2 aromatic rings. The highest BCUT2D eigenvalue weighted by atomic mass is 16.1. The lowest BCUT2D eigenvalue weighted by Crippen LogP contribution is -2.15. The Balaban J connectivity index is 2.18. The molecule has 6 nitrogen and oxygen atoms in total. The molecular formula is C12H13N5O. The molecule has 3 N–H and O–H groups in total. The first-order valence-corrected chi connectivity index (χ1v) is 5.40. The molecule has 0 unspecified atom stereocenters. The van der Waals surface area contributed by atoms with Crippen LogP contribution in [0.25, 0.3) is 0 Å². The van der Waals surface area contributed by atoms with Crippen LogP contribution in [0.3, 0.4) is 0 Å². The molecule has 2 heterocycles. The molecule has 18 heavy (non-hydrogen) atoms. The van der Waals surface area contributed by atoms with Gasteiger partial charge in [0, 0.05) is 17.6 Å². The van der Waals surface area contributed by atoms with Gasteiger partial charge in [-0.3, -0.25) is 10.1 Å². The van der Waals surface area contributed by atoms with Crippen molar-refractivity contribution in [3.63, 3.8) is 0 Å². The van der Waals surface area contributed by atoms with E-state index in [0.717, 1.165) is 11.4 Å². The average Bonchev–Trinajstić information content (AvgIpc) is 2.28. The van der Waals surface area contributed by atoms with Crippen LogP contribution in [-0.2, 0) is 0 Å². The molecule has 1 amide bonds. The first-order chi connectivity index (χ1) is 8.54. The van der Waals surface area contributed by atoms with Crippen LogP contribution in [0.4, 0.5) is 11.8 Å². The topological polar surface area (TPSA) is 93.8 Å². The van der Waals surface area contributed by atoms with E-state index in [4.69, 9.17) is 5.73 Å². The number of carbonyl (C=O) groups is 1. The third-order valence-electron chi connectivity index (χ3n) is 2.26. The molecule has 0 spiro atoms. The molecule has 0 atom stereocenters. The van der Waals surface area contributed by atoms with Gasteiger partial charge in [0.05, 0.1) is 5.56 Å². The molecule has 0 bridgehead atoms. The van der Waals surface area contributed by atoms with Crippen LogP contribution < -0.4 is 11.1 Å². The Morgan fingerprint density at radius 2 is 1.89 bits per heavy atom. The van der Waals surface area contributed by atoms with Crippen LogP contribution in [-0.4, -0.2) is 20.9 Å². The summed E-state index contributed by atoms with van der Waals surface area (Å²) in [6.45, 7) is 3.68. The maximum atomic E-state index is 11.9. The summed E-state index contributed by atoms with van der Waals surface area (Å²) in [6.07, 6.45) is 1.41. The van der Waals surface area contributed by atoms with Crippen molar-refractivity contribution in [2.24, 2.45) is 0 Å². The van der Waals surface area contributed by atoms with Crippen LogP contribution in [0.1, 0.15) is 21.7 Å². The molecule has 2 rings (SSSR count). The average molecular weight is 243 g/mol. The minimum Gasteiger partial charge on any atom is -0.384 e. The lowest BCUT2D eigenvalue weighted by atomic mass is 10.2. The predicted molar refractivity (Wildman–Crippen MR) is 68.1 cm³/mol. The summed E-state index contributed by atoms with van der Waals surface area (Å²) in [5.41, 5.74) is 7.46. The van der Waals surface area contributed by atoms with Crippen molar-refractivity contribution < 1.29 is 4.79 Å². The second-order valence-electron chi connectivity index (χ2n) is 3.90. The summed E-state index contributed by atoms with van der Waals surface area (Å²) in [7, 11) is 0. The Labute approximate surface area is 104 Å². The maximum absolute atomic E-state index is 11.9. The molecule has 0 aromatic carbocycles. The van der Waals surface area contributed by atoms with Crippen LogP contribution in [0.5, 0.6) is 0 Å². The number of hydrogen-bond acceptors (Lipinski definition) is 5. The fraction of sp³-hybridized carbons (Fsp3) is 0.167. The van der Waals surface area contributed by atoms with Gasteiger partial charge in [-0.2, -0.15) is 0 Å². The van der Waals surface area contributed by atoms with Crippen LogP contribution in [0.2, 0.25) is 0 Å². The van der Waals surface area contributed by atoms with Gasteiger partial charge in [-0.25, -0.2) is 15.0 Å². The van der Waals surface area contributed by atoms with E-state index >= 15 is 0 Å². The van der Waals surface area contributed by atoms with Crippen molar-refractivity contribution in [2.75, 3.05) is 11.1 Å². The van der Waals surface area contributed by atoms with E-state index in [-0.39, 0.29) is 11.9 Å². The standard InChI is InChI=1S/C12H13N5O/c1-7-5-8(2)16-12(15-7)17-11(18)9-3-4-10(13)14-6-9/h3-6H,1-2H3,(H2,13,14)(H,15,16,17,18). The third kappa shape index (κ3) is 2.79. The first kappa shape index (κ1) is 12.0. The predicted octanol–water partition coefficient (Wildman–Crippen LogP) is 1.32. The molecule has 0 radical (unpaired) electrons. The van der Waals surface area contributed by atoms with Gasteiger partial charge in [0.2, 0.25) is 5.95 Å². The van der Waals surface area contributed by atoms with Crippen LogP contribution in [0, 0.1) is 13.8 Å². The summed E-state index contributed by atoms with van der Waals surface area (Å²) in [6, 6.07) is 5.00. The number of aryl methyl sites for hydroxylation is 2. The molecule has 0 saturated carbocycles. The van der Waals surface area contributed by atoms with Gasteiger partial charge < -0.3 is 5.73 Å². The van der Waals surface area contributed by atoms with Gasteiger partial charge in [0.15, 0.2) is 0 Å². The molecule has 6 heteroatoms. The zero-order chi connectivity index (χ0) is 13.1. The molecule has 0 aliphatic rings. The SMILES string of the molecule is Cc1cc(C)nc(NC(=O)c2ccc(N)nc2)n1. The zero-order valence-electron chi connectivity index (χ0n) is 10.1. The van der Waals surface area contributed by atoms with Crippen molar-refractivity contribution in [3.8, 4) is 0 Å². The number of aromatic nitrogens is 3. The molecule has 92 valence electrons. The maximum Gasteiger partial charge on any atom is 0.259 e. The second-order valence-corrected chi connectivity index (χ2v) is 3.90. The minimum atomic E-state index is -0.312. The van der Waals surface area contributed by atoms with Crippen LogP contribution >= 0.6 is 0 Å².